The van der Waals surface area contributed by atoms with Crippen molar-refractivity contribution in [1.29, 1.82) is 0 Å². The second kappa shape index (κ2) is 8.77. The number of amides is 2. The highest BCUT2D eigenvalue weighted by Crippen LogP contribution is 2.29. The van der Waals surface area contributed by atoms with Crippen LogP contribution in [0.3, 0.4) is 0 Å². The Bertz CT molecular complexity index is 866. The van der Waals surface area contributed by atoms with Gasteiger partial charge in [-0.3, -0.25) is 20.4 Å². The molecular formula is C20H21F3N2O3. The van der Waals surface area contributed by atoms with Crippen LogP contribution in [0.5, 0.6) is 5.75 Å². The topological polar surface area (TPSA) is 67.4 Å². The fourth-order valence-corrected chi connectivity index (χ4v) is 2.42. The van der Waals surface area contributed by atoms with E-state index in [2.05, 4.69) is 10.9 Å². The zero-order valence-corrected chi connectivity index (χ0v) is 15.7. The quantitative estimate of drug-likeness (QED) is 0.763. The Hall–Kier alpha value is -3.03. The third-order valence-corrected chi connectivity index (χ3v) is 4.17. The van der Waals surface area contributed by atoms with Crippen LogP contribution in [0.15, 0.2) is 42.5 Å². The summed E-state index contributed by atoms with van der Waals surface area (Å²) in [6.07, 6.45) is -5.67. The van der Waals surface area contributed by atoms with Crippen molar-refractivity contribution in [3.63, 3.8) is 0 Å². The molecule has 0 aliphatic heterocycles. The van der Waals surface area contributed by atoms with E-state index in [1.165, 1.54) is 19.1 Å². The van der Waals surface area contributed by atoms with Crippen molar-refractivity contribution in [3.05, 3.63) is 64.7 Å². The fourth-order valence-electron chi connectivity index (χ4n) is 2.42. The number of carbonyl (C=O) groups is 2. The molecule has 5 nitrogen and oxygen atoms in total. The first-order valence-electron chi connectivity index (χ1n) is 8.55. The molecule has 2 rings (SSSR count). The molecule has 0 heterocycles. The van der Waals surface area contributed by atoms with E-state index >= 15 is 0 Å². The minimum atomic E-state index is -4.48. The summed E-state index contributed by atoms with van der Waals surface area (Å²) in [6, 6.07) is 9.91. The molecule has 2 aromatic rings. The molecule has 0 fully saturated rings. The Morgan fingerprint density at radius 1 is 1.07 bits per heavy atom. The smallest absolute Gasteiger partial charge is 0.416 e. The van der Waals surface area contributed by atoms with Crippen molar-refractivity contribution in [3.8, 4) is 5.75 Å². The van der Waals surface area contributed by atoms with Gasteiger partial charge in [-0.05, 0) is 49.6 Å². The Morgan fingerprint density at radius 2 is 1.75 bits per heavy atom. The van der Waals surface area contributed by atoms with E-state index in [9.17, 15) is 22.8 Å². The maximum Gasteiger partial charge on any atom is 0.416 e. The lowest BCUT2D eigenvalue weighted by Gasteiger charge is -2.17. The highest BCUT2D eigenvalue weighted by atomic mass is 19.4. The van der Waals surface area contributed by atoms with Crippen LogP contribution in [0.2, 0.25) is 0 Å². The lowest BCUT2D eigenvalue weighted by molar-refractivity contribution is -0.137. The summed E-state index contributed by atoms with van der Waals surface area (Å²) in [4.78, 5) is 24.0. The predicted molar refractivity (Wildman–Crippen MR) is 97.4 cm³/mol. The number of hydrogen-bond donors (Lipinski definition) is 2. The molecule has 2 amide bonds. The second-order valence-corrected chi connectivity index (χ2v) is 6.37. The second-order valence-electron chi connectivity index (χ2n) is 6.37. The number of rotatable bonds is 5. The number of aryl methyl sites for hydroxylation is 1. The van der Waals surface area contributed by atoms with Crippen molar-refractivity contribution in [1.82, 2.24) is 10.9 Å². The number of hydrazine groups is 1. The Kier molecular flexibility index (Phi) is 6.66. The number of hydrogen-bond acceptors (Lipinski definition) is 3. The van der Waals surface area contributed by atoms with Crippen molar-refractivity contribution in [2.75, 3.05) is 0 Å². The van der Waals surface area contributed by atoms with Crippen LogP contribution in [-0.2, 0) is 22.2 Å². The van der Waals surface area contributed by atoms with Gasteiger partial charge >= 0.3 is 6.18 Å². The van der Waals surface area contributed by atoms with Gasteiger partial charge < -0.3 is 4.74 Å². The molecule has 0 unspecified atom stereocenters. The normalized spacial score (nSPS) is 12.2. The summed E-state index contributed by atoms with van der Waals surface area (Å²) in [7, 11) is 0. The van der Waals surface area contributed by atoms with Gasteiger partial charge in [-0.15, -0.1) is 0 Å². The van der Waals surface area contributed by atoms with Gasteiger partial charge in [0, 0.05) is 0 Å². The van der Waals surface area contributed by atoms with Gasteiger partial charge in [0.15, 0.2) is 6.10 Å². The summed E-state index contributed by atoms with van der Waals surface area (Å²) >= 11 is 0. The van der Waals surface area contributed by atoms with Gasteiger partial charge in [-0.2, -0.15) is 13.2 Å². The molecule has 0 spiro atoms. The largest absolute Gasteiger partial charge is 0.481 e. The zero-order chi connectivity index (χ0) is 20.9. The summed E-state index contributed by atoms with van der Waals surface area (Å²) in [5, 5.41) is 0. The first kappa shape index (κ1) is 21.3. The highest BCUT2D eigenvalue weighted by molar-refractivity contribution is 5.85. The van der Waals surface area contributed by atoms with E-state index in [4.69, 9.17) is 4.74 Å². The van der Waals surface area contributed by atoms with Crippen molar-refractivity contribution < 1.29 is 27.5 Å². The third-order valence-electron chi connectivity index (χ3n) is 4.17. The van der Waals surface area contributed by atoms with E-state index in [-0.39, 0.29) is 12.0 Å². The lowest BCUT2D eigenvalue weighted by Crippen LogP contribution is -2.47. The van der Waals surface area contributed by atoms with E-state index in [0.717, 1.165) is 23.3 Å². The fraction of sp³-hybridized carbons (Fsp3) is 0.300. The third kappa shape index (κ3) is 5.73. The minimum absolute atomic E-state index is 0.182. The van der Waals surface area contributed by atoms with Crippen LogP contribution in [0.4, 0.5) is 13.2 Å². The predicted octanol–water partition coefficient (Wildman–Crippen LogP) is 3.48. The van der Waals surface area contributed by atoms with Gasteiger partial charge in [-0.1, -0.05) is 30.3 Å². The molecule has 0 aliphatic rings. The molecule has 0 saturated carbocycles. The van der Waals surface area contributed by atoms with Crippen LogP contribution in [0.1, 0.15) is 29.2 Å². The number of ether oxygens (including phenoxy) is 1. The van der Waals surface area contributed by atoms with E-state index in [1.807, 2.05) is 19.9 Å². The molecule has 150 valence electrons. The number of nitrogens with one attached hydrogen (secondary N) is 2. The molecule has 0 bridgehead atoms. The van der Waals surface area contributed by atoms with Crippen LogP contribution >= 0.6 is 0 Å². The van der Waals surface area contributed by atoms with Gasteiger partial charge in [0.1, 0.15) is 5.75 Å². The van der Waals surface area contributed by atoms with Crippen LogP contribution in [0, 0.1) is 13.8 Å². The monoisotopic (exact) mass is 394 g/mol. The first-order chi connectivity index (χ1) is 13.1. The summed E-state index contributed by atoms with van der Waals surface area (Å²) in [5.74, 6) is -0.678. The zero-order valence-electron chi connectivity index (χ0n) is 15.7. The van der Waals surface area contributed by atoms with E-state index in [0.29, 0.717) is 5.75 Å². The molecule has 8 heteroatoms. The van der Waals surface area contributed by atoms with Gasteiger partial charge in [0.25, 0.3) is 5.91 Å². The highest BCUT2D eigenvalue weighted by Gasteiger charge is 2.30. The van der Waals surface area contributed by atoms with Crippen LogP contribution < -0.4 is 15.6 Å². The molecule has 2 N–H and O–H groups in total. The minimum Gasteiger partial charge on any atom is -0.481 e. The van der Waals surface area contributed by atoms with Crippen molar-refractivity contribution >= 4 is 11.8 Å². The average molecular weight is 394 g/mol. The number of benzene rings is 2. The Morgan fingerprint density at radius 3 is 2.43 bits per heavy atom. The van der Waals surface area contributed by atoms with Crippen LogP contribution in [0.25, 0.3) is 0 Å². The van der Waals surface area contributed by atoms with Gasteiger partial charge in [0.05, 0.1) is 12.0 Å². The molecule has 2 aromatic carbocycles. The molecule has 0 aromatic heterocycles. The summed E-state index contributed by atoms with van der Waals surface area (Å²) in [5.41, 5.74) is 5.66. The maximum atomic E-state index is 12.7. The molecule has 1 atom stereocenters. The summed E-state index contributed by atoms with van der Waals surface area (Å²) < 4.78 is 43.7. The lowest BCUT2D eigenvalue weighted by atomic mass is 10.1. The van der Waals surface area contributed by atoms with Crippen molar-refractivity contribution in [2.45, 2.75) is 39.5 Å². The molecular weight excluding hydrogens is 373 g/mol. The number of carbonyl (C=O) groups excluding carboxylic acids is 2. The molecule has 0 radical (unpaired) electrons. The molecule has 28 heavy (non-hydrogen) atoms. The van der Waals surface area contributed by atoms with E-state index < -0.39 is 29.7 Å². The average Bonchev–Trinajstić information content (AvgIpc) is 2.63. The molecule has 0 aliphatic carbocycles. The molecule has 0 saturated heterocycles. The van der Waals surface area contributed by atoms with Gasteiger partial charge in [-0.25, -0.2) is 0 Å². The first-order valence-corrected chi connectivity index (χ1v) is 8.55. The maximum absolute atomic E-state index is 12.7. The van der Waals surface area contributed by atoms with Crippen LogP contribution in [-0.4, -0.2) is 17.9 Å². The van der Waals surface area contributed by atoms with E-state index in [1.54, 1.807) is 12.1 Å². The number of halogens is 3. The summed E-state index contributed by atoms with van der Waals surface area (Å²) in [6.45, 7) is 5.31. The SMILES string of the molecule is Cc1cccc(O[C@@H](C)C(=O)NNC(=O)Cc2cccc(C(F)(F)F)c2)c1C. The standard InChI is InChI=1S/C20H21F3N2O3/c1-12-6-4-9-17(13(12)2)28-14(3)19(27)25-24-18(26)11-15-7-5-8-16(10-15)20(21,22)23/h4-10,14H,11H2,1-3H3,(H,24,26)(H,25,27)/t14-/m0/s1. The van der Waals surface area contributed by atoms with Crippen molar-refractivity contribution in [2.24, 2.45) is 0 Å². The van der Waals surface area contributed by atoms with Gasteiger partial charge in [0.2, 0.25) is 5.91 Å². The Balaban J connectivity index is 1.88. The Labute approximate surface area is 160 Å². The number of alkyl halides is 3.